The Morgan fingerprint density at radius 3 is 2.79 bits per heavy atom. The van der Waals surface area contributed by atoms with Crippen LogP contribution in [0.3, 0.4) is 0 Å². The van der Waals surface area contributed by atoms with Crippen molar-refractivity contribution >= 4 is 5.97 Å². The molecular weight excluding hydrogens is 420 g/mol. The Morgan fingerprint density at radius 1 is 1.21 bits per heavy atom. The molecule has 172 valence electrons. The molecular formula is C25H28N4O4. The van der Waals surface area contributed by atoms with Gasteiger partial charge < -0.3 is 25.3 Å². The number of hydrogen-bond acceptors (Lipinski definition) is 6. The zero-order valence-corrected chi connectivity index (χ0v) is 18.7. The van der Waals surface area contributed by atoms with Gasteiger partial charge in [-0.1, -0.05) is 0 Å². The molecule has 5 rings (SSSR count). The molecule has 2 aliphatic rings. The lowest BCUT2D eigenvalue weighted by molar-refractivity contribution is 0.0694. The van der Waals surface area contributed by atoms with Crippen molar-refractivity contribution in [1.82, 2.24) is 15.0 Å². The Labute approximate surface area is 192 Å². The molecule has 0 aliphatic heterocycles. The topological polar surface area (TPSA) is 123 Å². The molecule has 2 aliphatic carbocycles. The van der Waals surface area contributed by atoms with E-state index in [4.69, 9.17) is 15.2 Å². The van der Waals surface area contributed by atoms with Gasteiger partial charge in [0.05, 0.1) is 29.8 Å². The van der Waals surface area contributed by atoms with Crippen LogP contribution in [0.4, 0.5) is 0 Å². The molecule has 0 bridgehead atoms. The second kappa shape index (κ2) is 8.61. The van der Waals surface area contributed by atoms with E-state index in [2.05, 4.69) is 15.0 Å². The number of nitrogens with two attached hydrogens (primary N) is 1. The number of aryl methyl sites for hydroxylation is 1. The summed E-state index contributed by atoms with van der Waals surface area (Å²) in [7, 11) is 1.63. The van der Waals surface area contributed by atoms with E-state index in [1.54, 1.807) is 19.5 Å². The van der Waals surface area contributed by atoms with E-state index in [-0.39, 0.29) is 5.54 Å². The van der Waals surface area contributed by atoms with Gasteiger partial charge in [-0.2, -0.15) is 0 Å². The number of fused-ring (bicyclic) bond motifs is 3. The van der Waals surface area contributed by atoms with Crippen LogP contribution in [0.2, 0.25) is 0 Å². The van der Waals surface area contributed by atoms with Crippen molar-refractivity contribution < 1.29 is 19.4 Å². The number of aromatic carboxylic acids is 1. The Bertz CT molecular complexity index is 1200. The average Bonchev–Trinajstić information content (AvgIpc) is 3.16. The molecule has 0 spiro atoms. The van der Waals surface area contributed by atoms with Crippen LogP contribution in [0, 0.1) is 0 Å². The SMILES string of the molecule is COCCOc1cncc(-c2cc3c(cn2)CCc2c-3[nH]c(CC3(N)CCC3)c2C(=O)O)c1. The van der Waals surface area contributed by atoms with Crippen LogP contribution in [-0.4, -0.2) is 51.9 Å². The van der Waals surface area contributed by atoms with E-state index < -0.39 is 5.97 Å². The summed E-state index contributed by atoms with van der Waals surface area (Å²) in [6.45, 7) is 0.934. The number of pyridine rings is 2. The van der Waals surface area contributed by atoms with E-state index in [1.165, 1.54) is 0 Å². The van der Waals surface area contributed by atoms with Gasteiger partial charge in [-0.05, 0) is 55.4 Å². The first-order valence-corrected chi connectivity index (χ1v) is 11.3. The summed E-state index contributed by atoms with van der Waals surface area (Å²) in [4.78, 5) is 24.6. The summed E-state index contributed by atoms with van der Waals surface area (Å²) in [5.41, 5.74) is 12.7. The molecule has 8 heteroatoms. The monoisotopic (exact) mass is 448 g/mol. The summed E-state index contributed by atoms with van der Waals surface area (Å²) < 4.78 is 10.7. The molecule has 0 radical (unpaired) electrons. The molecule has 0 atom stereocenters. The molecule has 4 N–H and O–H groups in total. The molecule has 3 aromatic rings. The van der Waals surface area contributed by atoms with Crippen molar-refractivity contribution in [3.05, 3.63) is 53.1 Å². The molecule has 3 heterocycles. The predicted molar refractivity (Wildman–Crippen MR) is 123 cm³/mol. The molecule has 3 aromatic heterocycles. The number of carboxylic acid groups (broad SMARTS) is 1. The Kier molecular flexibility index (Phi) is 5.64. The fraction of sp³-hybridized carbons (Fsp3) is 0.400. The minimum atomic E-state index is -0.895. The van der Waals surface area contributed by atoms with E-state index in [9.17, 15) is 9.90 Å². The van der Waals surface area contributed by atoms with Gasteiger partial charge in [-0.15, -0.1) is 0 Å². The number of nitrogens with zero attached hydrogens (tertiary/aromatic N) is 2. The zero-order valence-electron chi connectivity index (χ0n) is 18.7. The second-order valence-electron chi connectivity index (χ2n) is 9.01. The summed E-state index contributed by atoms with van der Waals surface area (Å²) in [5, 5.41) is 9.99. The standard InChI is InChI=1S/C25H28N4O4/c1-32-7-8-33-17-9-16(12-27-14-17)20-10-19-15(13-28-20)3-4-18-22(24(30)31)21(29-23(18)19)11-25(26)5-2-6-25/h9-10,12-14,29H,2-8,11,26H2,1H3,(H,30,31). The van der Waals surface area contributed by atoms with Gasteiger partial charge in [0.15, 0.2) is 0 Å². The third-order valence-corrected chi connectivity index (χ3v) is 6.74. The lowest BCUT2D eigenvalue weighted by Crippen LogP contribution is -2.48. The third-order valence-electron chi connectivity index (χ3n) is 6.74. The highest BCUT2D eigenvalue weighted by molar-refractivity contribution is 5.95. The fourth-order valence-corrected chi connectivity index (χ4v) is 4.84. The number of rotatable bonds is 8. The molecule has 0 amide bonds. The largest absolute Gasteiger partial charge is 0.490 e. The third kappa shape index (κ3) is 4.12. The van der Waals surface area contributed by atoms with Gasteiger partial charge in [-0.25, -0.2) is 4.79 Å². The number of aromatic nitrogens is 3. The van der Waals surface area contributed by atoms with E-state index in [1.807, 2.05) is 18.3 Å². The number of carboxylic acids is 1. The summed E-state index contributed by atoms with van der Waals surface area (Å²) in [6.07, 6.45) is 10.2. The Balaban J connectivity index is 1.52. The van der Waals surface area contributed by atoms with Gasteiger partial charge in [0, 0.05) is 48.3 Å². The van der Waals surface area contributed by atoms with Crippen LogP contribution in [-0.2, 0) is 24.0 Å². The van der Waals surface area contributed by atoms with Gasteiger partial charge in [0.25, 0.3) is 0 Å². The highest BCUT2D eigenvalue weighted by atomic mass is 16.5. The Morgan fingerprint density at radius 2 is 2.06 bits per heavy atom. The number of nitrogens with one attached hydrogen (secondary N) is 1. The quantitative estimate of drug-likeness (QED) is 0.451. The van der Waals surface area contributed by atoms with Crippen molar-refractivity contribution in [1.29, 1.82) is 0 Å². The van der Waals surface area contributed by atoms with Gasteiger partial charge in [-0.3, -0.25) is 9.97 Å². The van der Waals surface area contributed by atoms with Crippen LogP contribution >= 0.6 is 0 Å². The lowest BCUT2D eigenvalue weighted by Gasteiger charge is -2.38. The molecule has 1 fully saturated rings. The maximum Gasteiger partial charge on any atom is 0.337 e. The number of carbonyl (C=O) groups is 1. The second-order valence-corrected chi connectivity index (χ2v) is 9.01. The Hall–Kier alpha value is -3.23. The predicted octanol–water partition coefficient (Wildman–Crippen LogP) is 3.38. The van der Waals surface area contributed by atoms with Gasteiger partial charge in [0.2, 0.25) is 0 Å². The van der Waals surface area contributed by atoms with E-state index >= 15 is 0 Å². The van der Waals surface area contributed by atoms with Crippen LogP contribution in [0.15, 0.2) is 30.7 Å². The van der Waals surface area contributed by atoms with Gasteiger partial charge in [0.1, 0.15) is 12.4 Å². The average molecular weight is 449 g/mol. The number of hydrogen-bond donors (Lipinski definition) is 3. The summed E-state index contributed by atoms with van der Waals surface area (Å²) >= 11 is 0. The van der Waals surface area contributed by atoms with E-state index in [0.717, 1.165) is 65.0 Å². The summed E-state index contributed by atoms with van der Waals surface area (Å²) in [6, 6.07) is 3.91. The van der Waals surface area contributed by atoms with Crippen LogP contribution in [0.1, 0.15) is 46.4 Å². The normalized spacial score (nSPS) is 15.9. The molecule has 33 heavy (non-hydrogen) atoms. The van der Waals surface area contributed by atoms with Crippen molar-refractivity contribution in [3.8, 4) is 28.3 Å². The van der Waals surface area contributed by atoms with Crippen molar-refractivity contribution in [3.63, 3.8) is 0 Å². The van der Waals surface area contributed by atoms with Crippen LogP contribution in [0.5, 0.6) is 5.75 Å². The zero-order chi connectivity index (χ0) is 23.0. The van der Waals surface area contributed by atoms with Gasteiger partial charge >= 0.3 is 5.97 Å². The molecule has 0 saturated heterocycles. The first-order valence-electron chi connectivity index (χ1n) is 11.3. The van der Waals surface area contributed by atoms with Crippen molar-refractivity contribution in [2.75, 3.05) is 20.3 Å². The van der Waals surface area contributed by atoms with Crippen LogP contribution in [0.25, 0.3) is 22.5 Å². The minimum Gasteiger partial charge on any atom is -0.490 e. The highest BCUT2D eigenvalue weighted by Gasteiger charge is 2.36. The van der Waals surface area contributed by atoms with Crippen molar-refractivity contribution in [2.24, 2.45) is 5.73 Å². The number of H-pyrrole nitrogens is 1. The fourth-order valence-electron chi connectivity index (χ4n) is 4.84. The number of aromatic amines is 1. The minimum absolute atomic E-state index is 0.307. The lowest BCUT2D eigenvalue weighted by atomic mass is 9.74. The number of methoxy groups -OCH3 is 1. The first kappa shape index (κ1) is 21.6. The highest BCUT2D eigenvalue weighted by Crippen LogP contribution is 2.40. The molecule has 8 nitrogen and oxygen atoms in total. The summed E-state index contributed by atoms with van der Waals surface area (Å²) in [5.74, 6) is -0.248. The first-order chi connectivity index (χ1) is 16.0. The maximum absolute atomic E-state index is 12.2. The molecule has 1 saturated carbocycles. The van der Waals surface area contributed by atoms with E-state index in [0.29, 0.717) is 37.4 Å². The number of ether oxygens (including phenoxy) is 2. The molecule has 0 aromatic carbocycles. The smallest absolute Gasteiger partial charge is 0.337 e. The van der Waals surface area contributed by atoms with Crippen molar-refractivity contribution in [2.45, 2.75) is 44.1 Å². The van der Waals surface area contributed by atoms with Crippen LogP contribution < -0.4 is 10.5 Å². The molecule has 0 unspecified atom stereocenters. The maximum atomic E-state index is 12.2.